The minimum Gasteiger partial charge on any atom is -0.390 e. The average Bonchev–Trinajstić information content (AvgIpc) is 2.94. The molecule has 0 saturated heterocycles. The van der Waals surface area contributed by atoms with Crippen LogP contribution in [0.3, 0.4) is 0 Å². The Bertz CT molecular complexity index is 638. The Kier molecular flexibility index (Phi) is 6.91. The van der Waals surface area contributed by atoms with Crippen molar-refractivity contribution in [2.45, 2.75) is 52.2 Å². The number of nitrogens with one attached hydrogen (secondary N) is 2. The number of nitrogens with zero attached hydrogens (tertiary/aromatic N) is 3. The smallest absolute Gasteiger partial charge is 0.390 e. The fourth-order valence-electron chi connectivity index (χ4n) is 1.77. The quantitative estimate of drug-likeness (QED) is 0.336. The van der Waals surface area contributed by atoms with Crippen LogP contribution in [0, 0.1) is 10.1 Å². The van der Waals surface area contributed by atoms with Gasteiger partial charge in [-0.3, -0.25) is 14.4 Å². The van der Waals surface area contributed by atoms with Crippen LogP contribution in [-0.4, -0.2) is 50.3 Å². The van der Waals surface area contributed by atoms with E-state index in [1.807, 2.05) is 0 Å². The molecule has 0 atom stereocenters. The number of hydrogen-bond acceptors (Lipinski definition) is 8. The van der Waals surface area contributed by atoms with Gasteiger partial charge < -0.3 is 15.4 Å². The molecule has 1 aromatic rings. The summed E-state index contributed by atoms with van der Waals surface area (Å²) in [5.74, 6) is -0.660. The molecule has 0 bridgehead atoms. The maximum absolute atomic E-state index is 12.4. The third-order valence-electron chi connectivity index (χ3n) is 3.85. The largest absolute Gasteiger partial charge is 0.434 e. The highest BCUT2D eigenvalue weighted by molar-refractivity contribution is 5.87. The summed E-state index contributed by atoms with van der Waals surface area (Å²) in [5.41, 5.74) is 0.977. The van der Waals surface area contributed by atoms with Crippen molar-refractivity contribution in [3.63, 3.8) is 0 Å². The number of hydrogen-bond donors (Lipinski definition) is 2. The topological polar surface area (TPSA) is 128 Å². The molecule has 25 heavy (non-hydrogen) atoms. The van der Waals surface area contributed by atoms with E-state index >= 15 is 0 Å². The summed E-state index contributed by atoms with van der Waals surface area (Å²) in [6.45, 7) is 8.67. The van der Waals surface area contributed by atoms with Gasteiger partial charge in [-0.05, 0) is 39.5 Å². The standard InChI is InChI=1S/C15H25N5O5/c1-11(21)14(2,3)18-25-9-7-17-15(4,5)12(22)10-19-8-6-16-13(19)20(23)24/h6,8,17-18H,7,9-10H2,1-5H3. The van der Waals surface area contributed by atoms with Gasteiger partial charge in [0.1, 0.15) is 18.9 Å². The molecule has 1 heterocycles. The normalized spacial score (nSPS) is 12.2. The Morgan fingerprint density at radius 1 is 1.32 bits per heavy atom. The van der Waals surface area contributed by atoms with Gasteiger partial charge in [0.2, 0.25) is 0 Å². The first-order chi connectivity index (χ1) is 11.5. The molecule has 0 amide bonds. The zero-order valence-corrected chi connectivity index (χ0v) is 15.2. The van der Waals surface area contributed by atoms with E-state index in [2.05, 4.69) is 15.8 Å². The summed E-state index contributed by atoms with van der Waals surface area (Å²) in [6.07, 6.45) is 2.67. The van der Waals surface area contributed by atoms with E-state index in [9.17, 15) is 19.7 Å². The molecule has 0 unspecified atom stereocenters. The second-order valence-corrected chi connectivity index (χ2v) is 6.72. The molecule has 2 N–H and O–H groups in total. The van der Waals surface area contributed by atoms with Crippen LogP contribution < -0.4 is 10.8 Å². The summed E-state index contributed by atoms with van der Waals surface area (Å²) in [6, 6.07) is 0. The van der Waals surface area contributed by atoms with Crippen molar-refractivity contribution in [2.24, 2.45) is 0 Å². The van der Waals surface area contributed by atoms with Crippen LogP contribution in [-0.2, 0) is 21.0 Å². The number of hydroxylamine groups is 1. The summed E-state index contributed by atoms with van der Waals surface area (Å²) < 4.78 is 1.19. The molecule has 0 fully saturated rings. The van der Waals surface area contributed by atoms with Crippen molar-refractivity contribution in [3.8, 4) is 0 Å². The van der Waals surface area contributed by atoms with Gasteiger partial charge in [-0.15, -0.1) is 0 Å². The van der Waals surface area contributed by atoms with Gasteiger partial charge in [-0.25, -0.2) is 4.57 Å². The second-order valence-electron chi connectivity index (χ2n) is 6.72. The summed E-state index contributed by atoms with van der Waals surface area (Å²) >= 11 is 0. The SMILES string of the molecule is CC(=O)C(C)(C)NOCCNC(C)(C)C(=O)Cn1ccnc1[N+](=O)[O-]. The number of carbonyl (C=O) groups excluding carboxylic acids is 2. The van der Waals surface area contributed by atoms with Crippen LogP contribution in [0.25, 0.3) is 0 Å². The van der Waals surface area contributed by atoms with E-state index in [4.69, 9.17) is 4.84 Å². The maximum Gasteiger partial charge on any atom is 0.434 e. The minimum absolute atomic E-state index is 0.0575. The maximum atomic E-state index is 12.4. The lowest BCUT2D eigenvalue weighted by Gasteiger charge is -2.26. The second kappa shape index (κ2) is 8.28. The summed E-state index contributed by atoms with van der Waals surface area (Å²) in [4.78, 5) is 42.8. The molecule has 0 aromatic carbocycles. The first kappa shape index (κ1) is 20.9. The van der Waals surface area contributed by atoms with E-state index in [1.54, 1.807) is 27.7 Å². The van der Waals surface area contributed by atoms with Crippen molar-refractivity contribution < 1.29 is 19.3 Å². The van der Waals surface area contributed by atoms with Crippen LogP contribution >= 0.6 is 0 Å². The number of ketones is 2. The Morgan fingerprint density at radius 2 is 1.96 bits per heavy atom. The van der Waals surface area contributed by atoms with Gasteiger partial charge in [-0.2, -0.15) is 5.48 Å². The van der Waals surface area contributed by atoms with E-state index < -0.39 is 16.0 Å². The Hall–Kier alpha value is -2.17. The lowest BCUT2D eigenvalue weighted by Crippen LogP contribution is -2.50. The average molecular weight is 355 g/mol. The van der Waals surface area contributed by atoms with E-state index in [0.717, 1.165) is 0 Å². The van der Waals surface area contributed by atoms with E-state index in [1.165, 1.54) is 23.9 Å². The molecule has 0 spiro atoms. The van der Waals surface area contributed by atoms with Gasteiger partial charge in [-0.1, -0.05) is 4.98 Å². The number of rotatable bonds is 11. The van der Waals surface area contributed by atoms with Crippen molar-refractivity contribution >= 4 is 17.5 Å². The molecule has 0 radical (unpaired) electrons. The lowest BCUT2D eigenvalue weighted by atomic mass is 9.99. The molecule has 0 saturated carbocycles. The zero-order chi connectivity index (χ0) is 19.3. The molecule has 1 aromatic heterocycles. The first-order valence-corrected chi connectivity index (χ1v) is 7.81. The highest BCUT2D eigenvalue weighted by Gasteiger charge is 2.30. The fraction of sp³-hybridized carbons (Fsp3) is 0.667. The van der Waals surface area contributed by atoms with Gasteiger partial charge in [0.05, 0.1) is 17.7 Å². The van der Waals surface area contributed by atoms with Crippen LogP contribution in [0.15, 0.2) is 12.4 Å². The van der Waals surface area contributed by atoms with Gasteiger partial charge >= 0.3 is 5.95 Å². The van der Waals surface area contributed by atoms with Crippen LogP contribution in [0.1, 0.15) is 34.6 Å². The number of Topliss-reactive ketones (excluding diaryl/α,β-unsaturated/α-hetero) is 2. The highest BCUT2D eigenvalue weighted by Crippen LogP contribution is 2.11. The molecular weight excluding hydrogens is 330 g/mol. The van der Waals surface area contributed by atoms with Crippen molar-refractivity contribution in [2.75, 3.05) is 13.2 Å². The van der Waals surface area contributed by atoms with Gasteiger partial charge in [0, 0.05) is 6.54 Å². The number of carbonyl (C=O) groups is 2. The van der Waals surface area contributed by atoms with Crippen molar-refractivity contribution in [1.82, 2.24) is 20.3 Å². The van der Waals surface area contributed by atoms with Crippen molar-refractivity contribution in [3.05, 3.63) is 22.5 Å². The molecular formula is C15H25N5O5. The molecule has 0 aliphatic heterocycles. The molecule has 1 rings (SSSR count). The summed E-state index contributed by atoms with van der Waals surface area (Å²) in [5, 5.41) is 13.9. The fourth-order valence-corrected chi connectivity index (χ4v) is 1.77. The number of aromatic nitrogens is 2. The van der Waals surface area contributed by atoms with Crippen LogP contribution in [0.2, 0.25) is 0 Å². The number of nitro groups is 1. The number of imidazole rings is 1. The molecule has 10 nitrogen and oxygen atoms in total. The minimum atomic E-state index is -0.905. The van der Waals surface area contributed by atoms with Crippen LogP contribution in [0.4, 0.5) is 5.95 Å². The lowest BCUT2D eigenvalue weighted by molar-refractivity contribution is -0.396. The predicted octanol–water partition coefficient (Wildman–Crippen LogP) is 0.617. The predicted molar refractivity (Wildman–Crippen MR) is 89.8 cm³/mol. The Balaban J connectivity index is 2.47. The highest BCUT2D eigenvalue weighted by atomic mass is 16.6. The molecule has 0 aliphatic carbocycles. The Labute approximate surface area is 146 Å². The molecule has 0 aliphatic rings. The first-order valence-electron chi connectivity index (χ1n) is 7.81. The Morgan fingerprint density at radius 3 is 2.52 bits per heavy atom. The third-order valence-corrected chi connectivity index (χ3v) is 3.85. The third kappa shape index (κ3) is 6.00. The van der Waals surface area contributed by atoms with E-state index in [-0.39, 0.29) is 30.7 Å². The summed E-state index contributed by atoms with van der Waals surface area (Å²) in [7, 11) is 0. The van der Waals surface area contributed by atoms with E-state index in [0.29, 0.717) is 6.54 Å². The van der Waals surface area contributed by atoms with Crippen LogP contribution in [0.5, 0.6) is 0 Å². The van der Waals surface area contributed by atoms with Gasteiger partial charge in [0.15, 0.2) is 11.6 Å². The monoisotopic (exact) mass is 355 g/mol. The van der Waals surface area contributed by atoms with Gasteiger partial charge in [0.25, 0.3) is 0 Å². The molecule has 10 heteroatoms. The molecule has 140 valence electrons. The zero-order valence-electron chi connectivity index (χ0n) is 15.2. The van der Waals surface area contributed by atoms with Crippen molar-refractivity contribution in [1.29, 1.82) is 0 Å².